The van der Waals surface area contributed by atoms with Gasteiger partial charge < -0.3 is 20.5 Å². The van der Waals surface area contributed by atoms with Gasteiger partial charge in [0, 0.05) is 49.4 Å². The smallest absolute Gasteiger partial charge is 0.191 e. The van der Waals surface area contributed by atoms with Gasteiger partial charge in [-0.05, 0) is 25.0 Å². The summed E-state index contributed by atoms with van der Waals surface area (Å²) in [4.78, 5) is 5.04. The van der Waals surface area contributed by atoms with Crippen LogP contribution in [-0.4, -0.2) is 61.0 Å². The van der Waals surface area contributed by atoms with Crippen molar-refractivity contribution >= 4 is 40.7 Å². The Morgan fingerprint density at radius 2 is 2.12 bits per heavy atom. The maximum absolute atomic E-state index is 12.2. The van der Waals surface area contributed by atoms with Crippen LogP contribution in [0.5, 0.6) is 0 Å². The number of benzene rings is 1. The molecule has 2 atom stereocenters. The summed E-state index contributed by atoms with van der Waals surface area (Å²) in [7, 11) is 0.698. The molecule has 1 aliphatic heterocycles. The fourth-order valence-electron chi connectivity index (χ4n) is 2.76. The molecule has 0 radical (unpaired) electrons. The highest BCUT2D eigenvalue weighted by molar-refractivity contribution is 14.0. The van der Waals surface area contributed by atoms with E-state index in [0.717, 1.165) is 24.3 Å². The molecule has 0 spiro atoms. The molecule has 1 aromatic carbocycles. The number of hydrogen-bond donors (Lipinski definition) is 3. The number of nitrogens with one attached hydrogen (secondary N) is 2. The number of ether oxygens (including phenoxy) is 1. The molecule has 3 N–H and O–H groups in total. The van der Waals surface area contributed by atoms with Crippen molar-refractivity contribution in [3.63, 3.8) is 0 Å². The normalized spacial score (nSPS) is 21.4. The van der Waals surface area contributed by atoms with Crippen LogP contribution < -0.4 is 10.6 Å². The van der Waals surface area contributed by atoms with E-state index in [-0.39, 0.29) is 36.0 Å². The number of aliphatic hydroxyl groups is 1. The minimum atomic E-state index is -1.02. The van der Waals surface area contributed by atoms with E-state index in [1.807, 2.05) is 30.3 Å². The van der Waals surface area contributed by atoms with Crippen molar-refractivity contribution in [1.29, 1.82) is 0 Å². The zero-order valence-corrected chi connectivity index (χ0v) is 17.7. The Morgan fingerprint density at radius 1 is 1.36 bits per heavy atom. The van der Waals surface area contributed by atoms with Crippen LogP contribution in [0.3, 0.4) is 0 Å². The largest absolute Gasteiger partial charge is 0.396 e. The minimum Gasteiger partial charge on any atom is -0.396 e. The molecule has 1 heterocycles. The first kappa shape index (κ1) is 22.3. The third-order valence-electron chi connectivity index (χ3n) is 4.27. The molecule has 1 aromatic rings. The minimum absolute atomic E-state index is 0. The topological polar surface area (TPSA) is 83.0 Å². The molecule has 0 aliphatic carbocycles. The van der Waals surface area contributed by atoms with Gasteiger partial charge in [-0.25, -0.2) is 0 Å². The van der Waals surface area contributed by atoms with Crippen molar-refractivity contribution in [3.05, 3.63) is 30.3 Å². The standard InChI is InChI=1S/C17H27N3O3S.HI/c1-18-16(20-13-17(7-10-21)8-11-23-14-17)19-9-12-24(22)15-5-3-2-4-6-15;/h2-6,21H,7-14H2,1H3,(H2,18,19,20);1H. The predicted molar refractivity (Wildman–Crippen MR) is 112 cm³/mol. The van der Waals surface area contributed by atoms with Gasteiger partial charge in [-0.15, -0.1) is 24.0 Å². The molecule has 1 fully saturated rings. The maximum atomic E-state index is 12.2. The van der Waals surface area contributed by atoms with Gasteiger partial charge in [-0.3, -0.25) is 9.20 Å². The fraction of sp³-hybridized carbons (Fsp3) is 0.588. The lowest BCUT2D eigenvalue weighted by molar-refractivity contribution is 0.127. The molecule has 0 aromatic heterocycles. The summed E-state index contributed by atoms with van der Waals surface area (Å²) in [6.07, 6.45) is 1.66. The number of hydrogen-bond acceptors (Lipinski definition) is 4. The predicted octanol–water partition coefficient (Wildman–Crippen LogP) is 1.37. The molecule has 1 saturated heterocycles. The Morgan fingerprint density at radius 3 is 2.72 bits per heavy atom. The number of aliphatic hydroxyl groups excluding tert-OH is 1. The highest BCUT2D eigenvalue weighted by Gasteiger charge is 2.34. The summed E-state index contributed by atoms with van der Waals surface area (Å²) >= 11 is 0. The molecule has 25 heavy (non-hydrogen) atoms. The molecule has 2 unspecified atom stereocenters. The van der Waals surface area contributed by atoms with Gasteiger partial charge in [-0.1, -0.05) is 18.2 Å². The molecule has 1 aliphatic rings. The number of halogens is 1. The second kappa shape index (κ2) is 11.8. The van der Waals surface area contributed by atoms with E-state index in [0.29, 0.717) is 31.4 Å². The van der Waals surface area contributed by atoms with Gasteiger partial charge in [-0.2, -0.15) is 0 Å². The SMILES string of the molecule is CN=C(NCCS(=O)c1ccccc1)NCC1(CCO)CCOC1.I. The maximum Gasteiger partial charge on any atom is 0.191 e. The van der Waals surface area contributed by atoms with Crippen LogP contribution in [-0.2, 0) is 15.5 Å². The average Bonchev–Trinajstić information content (AvgIpc) is 3.07. The Labute approximate surface area is 169 Å². The van der Waals surface area contributed by atoms with Crippen molar-refractivity contribution < 1.29 is 14.1 Å². The first-order valence-corrected chi connectivity index (χ1v) is 9.57. The van der Waals surface area contributed by atoms with Crippen LogP contribution in [0.4, 0.5) is 0 Å². The first-order chi connectivity index (χ1) is 11.7. The quantitative estimate of drug-likeness (QED) is 0.297. The Hall–Kier alpha value is -0.710. The summed E-state index contributed by atoms with van der Waals surface area (Å²) in [6, 6.07) is 9.46. The summed E-state index contributed by atoms with van der Waals surface area (Å²) in [6.45, 7) is 2.84. The lowest BCUT2D eigenvalue weighted by atomic mass is 9.84. The zero-order valence-electron chi connectivity index (χ0n) is 14.6. The lowest BCUT2D eigenvalue weighted by Crippen LogP contribution is -2.45. The highest BCUT2D eigenvalue weighted by atomic mass is 127. The number of aliphatic imine (C=N–C) groups is 1. The summed E-state index contributed by atoms with van der Waals surface area (Å²) in [5, 5.41) is 15.8. The van der Waals surface area contributed by atoms with E-state index >= 15 is 0 Å². The van der Waals surface area contributed by atoms with Gasteiger partial charge in [0.15, 0.2) is 5.96 Å². The van der Waals surface area contributed by atoms with E-state index < -0.39 is 10.8 Å². The van der Waals surface area contributed by atoms with Crippen molar-refractivity contribution in [2.75, 3.05) is 45.7 Å². The van der Waals surface area contributed by atoms with Gasteiger partial charge >= 0.3 is 0 Å². The van der Waals surface area contributed by atoms with E-state index in [4.69, 9.17) is 4.74 Å². The molecule has 8 heteroatoms. The third-order valence-corrected chi connectivity index (χ3v) is 5.64. The van der Waals surface area contributed by atoms with Crippen LogP contribution >= 0.6 is 24.0 Å². The Kier molecular flexibility index (Phi) is 10.6. The van der Waals surface area contributed by atoms with Gasteiger partial charge in [0.25, 0.3) is 0 Å². The lowest BCUT2D eigenvalue weighted by Gasteiger charge is -2.27. The molecule has 6 nitrogen and oxygen atoms in total. The van der Waals surface area contributed by atoms with Gasteiger partial charge in [0.2, 0.25) is 0 Å². The van der Waals surface area contributed by atoms with Crippen LogP contribution in [0.1, 0.15) is 12.8 Å². The van der Waals surface area contributed by atoms with E-state index in [1.54, 1.807) is 7.05 Å². The summed E-state index contributed by atoms with van der Waals surface area (Å²) in [5.41, 5.74) is -0.0285. The fourth-order valence-corrected chi connectivity index (χ4v) is 3.74. The second-order valence-electron chi connectivity index (χ2n) is 5.99. The summed E-state index contributed by atoms with van der Waals surface area (Å²) in [5.74, 6) is 1.21. The van der Waals surface area contributed by atoms with Gasteiger partial charge in [0.05, 0.1) is 17.4 Å². The number of guanidine groups is 1. The first-order valence-electron chi connectivity index (χ1n) is 8.26. The van der Waals surface area contributed by atoms with Crippen molar-refractivity contribution in [2.45, 2.75) is 17.7 Å². The van der Waals surface area contributed by atoms with Gasteiger partial charge in [0.1, 0.15) is 0 Å². The van der Waals surface area contributed by atoms with Crippen molar-refractivity contribution in [3.8, 4) is 0 Å². The highest BCUT2D eigenvalue weighted by Crippen LogP contribution is 2.31. The molecule has 2 rings (SSSR count). The van der Waals surface area contributed by atoms with Crippen LogP contribution in [0, 0.1) is 5.41 Å². The third kappa shape index (κ3) is 7.20. The Balaban J connectivity index is 0.00000312. The zero-order chi connectivity index (χ0) is 17.3. The summed E-state index contributed by atoms with van der Waals surface area (Å²) < 4.78 is 17.7. The molecule has 0 amide bonds. The number of nitrogens with zero attached hydrogens (tertiary/aromatic N) is 1. The van der Waals surface area contributed by atoms with Crippen molar-refractivity contribution in [2.24, 2.45) is 10.4 Å². The molecule has 0 bridgehead atoms. The van der Waals surface area contributed by atoms with E-state index in [1.165, 1.54) is 0 Å². The molecule has 0 saturated carbocycles. The van der Waals surface area contributed by atoms with Crippen LogP contribution in [0.25, 0.3) is 0 Å². The monoisotopic (exact) mass is 481 g/mol. The second-order valence-corrected chi connectivity index (χ2v) is 7.56. The van der Waals surface area contributed by atoms with Crippen LogP contribution in [0.15, 0.2) is 40.2 Å². The van der Waals surface area contributed by atoms with E-state index in [9.17, 15) is 9.32 Å². The van der Waals surface area contributed by atoms with E-state index in [2.05, 4.69) is 15.6 Å². The molecular formula is C17H28IN3O3S. The van der Waals surface area contributed by atoms with Crippen LogP contribution in [0.2, 0.25) is 0 Å². The molecule has 142 valence electrons. The number of rotatable bonds is 8. The average molecular weight is 481 g/mol. The van der Waals surface area contributed by atoms with Crippen molar-refractivity contribution in [1.82, 2.24) is 10.6 Å². The Bertz CT molecular complexity index is 551. The molecular weight excluding hydrogens is 453 g/mol.